The molecule has 0 saturated heterocycles. The fraction of sp³-hybridized carbons (Fsp3) is 0.174. The van der Waals surface area contributed by atoms with Crippen LogP contribution in [0.3, 0.4) is 0 Å². The first-order valence-corrected chi connectivity index (χ1v) is 9.09. The number of carbonyl (C=O) groups excluding carboxylic acids is 1. The van der Waals surface area contributed by atoms with Gasteiger partial charge in [0.25, 0.3) is 5.91 Å². The summed E-state index contributed by atoms with van der Waals surface area (Å²) < 4.78 is 11.5. The molecule has 3 aromatic carbocycles. The fourth-order valence-electron chi connectivity index (χ4n) is 3.27. The second kappa shape index (κ2) is 7.96. The van der Waals surface area contributed by atoms with Gasteiger partial charge in [0.05, 0.1) is 12.6 Å². The normalized spacial score (nSPS) is 15.3. The molecule has 0 saturated carbocycles. The molecule has 0 spiro atoms. The highest BCUT2D eigenvalue weighted by Gasteiger charge is 2.23. The van der Waals surface area contributed by atoms with Crippen LogP contribution in [0.25, 0.3) is 0 Å². The molecule has 3 aromatic rings. The maximum atomic E-state index is 12.9. The number of benzene rings is 3. The van der Waals surface area contributed by atoms with E-state index in [1.54, 1.807) is 0 Å². The molecular formula is C23H21NO3. The lowest BCUT2D eigenvalue weighted by atomic mass is 9.99. The van der Waals surface area contributed by atoms with Gasteiger partial charge in [0.15, 0.2) is 0 Å². The summed E-state index contributed by atoms with van der Waals surface area (Å²) in [7, 11) is 0. The Balaban J connectivity index is 1.50. The standard InChI is InChI=1S/C23H21NO3/c25-23(24-21-14-15-26-22-13-7-6-12-20(21)22)19-11-5-4-8-17(19)16-27-18-9-2-1-3-10-18/h1-13,21H,14-16H2,(H,24,25)/t21-/m1/s1. The van der Waals surface area contributed by atoms with E-state index in [4.69, 9.17) is 9.47 Å². The maximum Gasteiger partial charge on any atom is 0.252 e. The molecule has 1 aliphatic rings. The van der Waals surface area contributed by atoms with Crippen LogP contribution in [0.15, 0.2) is 78.9 Å². The van der Waals surface area contributed by atoms with Gasteiger partial charge in [-0.05, 0) is 24.3 Å². The number of ether oxygens (including phenoxy) is 2. The Labute approximate surface area is 158 Å². The second-order valence-electron chi connectivity index (χ2n) is 6.46. The molecule has 0 fully saturated rings. The van der Waals surface area contributed by atoms with Crippen molar-refractivity contribution in [3.05, 3.63) is 95.6 Å². The van der Waals surface area contributed by atoms with Crippen molar-refractivity contribution in [1.82, 2.24) is 5.32 Å². The van der Waals surface area contributed by atoms with Gasteiger partial charge in [-0.2, -0.15) is 0 Å². The monoisotopic (exact) mass is 359 g/mol. The number of hydrogen-bond donors (Lipinski definition) is 1. The molecule has 0 radical (unpaired) electrons. The molecule has 1 heterocycles. The minimum atomic E-state index is -0.0936. The van der Waals surface area contributed by atoms with E-state index in [2.05, 4.69) is 5.32 Å². The molecule has 27 heavy (non-hydrogen) atoms. The Bertz CT molecular complexity index is 924. The third-order valence-electron chi connectivity index (χ3n) is 4.66. The predicted molar refractivity (Wildman–Crippen MR) is 104 cm³/mol. The van der Waals surface area contributed by atoms with E-state index in [1.807, 2.05) is 78.9 Å². The van der Waals surface area contributed by atoms with Gasteiger partial charge in [-0.15, -0.1) is 0 Å². The van der Waals surface area contributed by atoms with Crippen LogP contribution in [0.2, 0.25) is 0 Å². The van der Waals surface area contributed by atoms with Gasteiger partial charge in [-0.1, -0.05) is 54.6 Å². The molecule has 4 heteroatoms. The highest BCUT2D eigenvalue weighted by molar-refractivity contribution is 5.96. The molecule has 136 valence electrons. The van der Waals surface area contributed by atoms with Crippen molar-refractivity contribution in [3.63, 3.8) is 0 Å². The number of fused-ring (bicyclic) bond motifs is 1. The Kier molecular flexibility index (Phi) is 5.06. The number of carbonyl (C=O) groups is 1. The van der Waals surface area contributed by atoms with Crippen LogP contribution in [0.1, 0.15) is 33.9 Å². The molecular weight excluding hydrogens is 338 g/mol. The number of hydrogen-bond acceptors (Lipinski definition) is 3. The van der Waals surface area contributed by atoms with E-state index in [9.17, 15) is 4.79 Å². The molecule has 4 rings (SSSR count). The Hall–Kier alpha value is -3.27. The van der Waals surface area contributed by atoms with E-state index >= 15 is 0 Å². The Morgan fingerprint density at radius 1 is 0.963 bits per heavy atom. The zero-order valence-corrected chi connectivity index (χ0v) is 14.9. The topological polar surface area (TPSA) is 47.6 Å². The van der Waals surface area contributed by atoms with Crippen LogP contribution in [-0.4, -0.2) is 12.5 Å². The quantitative estimate of drug-likeness (QED) is 0.729. The lowest BCUT2D eigenvalue weighted by Gasteiger charge is -2.27. The molecule has 1 N–H and O–H groups in total. The summed E-state index contributed by atoms with van der Waals surface area (Å²) in [6, 6.07) is 25.0. The van der Waals surface area contributed by atoms with Gasteiger partial charge >= 0.3 is 0 Å². The SMILES string of the molecule is O=C(N[C@@H]1CCOc2ccccc21)c1ccccc1COc1ccccc1. The van der Waals surface area contributed by atoms with Gasteiger partial charge in [0.1, 0.15) is 18.1 Å². The lowest BCUT2D eigenvalue weighted by molar-refractivity contribution is 0.0922. The van der Waals surface area contributed by atoms with Crippen molar-refractivity contribution in [2.24, 2.45) is 0 Å². The second-order valence-corrected chi connectivity index (χ2v) is 6.46. The minimum absolute atomic E-state index is 0.0504. The average Bonchev–Trinajstić information content (AvgIpc) is 2.73. The summed E-state index contributed by atoms with van der Waals surface area (Å²) in [5.74, 6) is 1.53. The molecule has 0 aliphatic carbocycles. The summed E-state index contributed by atoms with van der Waals surface area (Å²) in [4.78, 5) is 12.9. The first kappa shape index (κ1) is 17.2. The summed E-state index contributed by atoms with van der Waals surface area (Å²) >= 11 is 0. The molecule has 1 atom stereocenters. The van der Waals surface area contributed by atoms with Gasteiger partial charge in [0.2, 0.25) is 0 Å². The number of rotatable bonds is 5. The van der Waals surface area contributed by atoms with Crippen molar-refractivity contribution in [1.29, 1.82) is 0 Å². The van der Waals surface area contributed by atoms with E-state index in [0.29, 0.717) is 18.8 Å². The van der Waals surface area contributed by atoms with Crippen molar-refractivity contribution in [2.75, 3.05) is 6.61 Å². The van der Waals surface area contributed by atoms with Crippen molar-refractivity contribution < 1.29 is 14.3 Å². The Morgan fingerprint density at radius 3 is 2.59 bits per heavy atom. The molecule has 4 nitrogen and oxygen atoms in total. The van der Waals surface area contributed by atoms with E-state index in [0.717, 1.165) is 29.0 Å². The summed E-state index contributed by atoms with van der Waals surface area (Å²) in [5, 5.41) is 3.16. The molecule has 0 aromatic heterocycles. The van der Waals surface area contributed by atoms with Gasteiger partial charge in [0, 0.05) is 23.1 Å². The third kappa shape index (κ3) is 3.95. The van der Waals surface area contributed by atoms with E-state index in [-0.39, 0.29) is 11.9 Å². The van der Waals surface area contributed by atoms with Crippen molar-refractivity contribution >= 4 is 5.91 Å². The van der Waals surface area contributed by atoms with Crippen LogP contribution in [0.5, 0.6) is 11.5 Å². The molecule has 0 bridgehead atoms. The first-order chi connectivity index (χ1) is 13.3. The minimum Gasteiger partial charge on any atom is -0.493 e. The Morgan fingerprint density at radius 2 is 1.70 bits per heavy atom. The third-order valence-corrected chi connectivity index (χ3v) is 4.66. The van der Waals surface area contributed by atoms with Gasteiger partial charge in [-0.3, -0.25) is 4.79 Å². The van der Waals surface area contributed by atoms with Crippen molar-refractivity contribution in [3.8, 4) is 11.5 Å². The lowest BCUT2D eigenvalue weighted by Crippen LogP contribution is -2.32. The van der Waals surface area contributed by atoms with Crippen LogP contribution in [0, 0.1) is 0 Å². The highest BCUT2D eigenvalue weighted by Crippen LogP contribution is 2.31. The average molecular weight is 359 g/mol. The van der Waals surface area contributed by atoms with Crippen LogP contribution < -0.4 is 14.8 Å². The molecule has 0 unspecified atom stereocenters. The van der Waals surface area contributed by atoms with Crippen molar-refractivity contribution in [2.45, 2.75) is 19.1 Å². The van der Waals surface area contributed by atoms with Gasteiger partial charge in [-0.25, -0.2) is 0 Å². The number of nitrogens with one attached hydrogen (secondary N) is 1. The smallest absolute Gasteiger partial charge is 0.252 e. The van der Waals surface area contributed by atoms with Gasteiger partial charge < -0.3 is 14.8 Å². The largest absolute Gasteiger partial charge is 0.493 e. The first-order valence-electron chi connectivity index (χ1n) is 9.09. The molecule has 1 amide bonds. The van der Waals surface area contributed by atoms with Crippen LogP contribution in [-0.2, 0) is 6.61 Å². The van der Waals surface area contributed by atoms with E-state index < -0.39 is 0 Å². The molecule has 1 aliphatic heterocycles. The highest BCUT2D eigenvalue weighted by atomic mass is 16.5. The zero-order valence-electron chi connectivity index (χ0n) is 14.9. The summed E-state index contributed by atoms with van der Waals surface area (Å²) in [6.45, 7) is 0.943. The predicted octanol–water partition coefficient (Wildman–Crippen LogP) is 4.52. The van der Waals surface area contributed by atoms with Crippen LogP contribution in [0.4, 0.5) is 0 Å². The van der Waals surface area contributed by atoms with Crippen LogP contribution >= 0.6 is 0 Å². The fourth-order valence-corrected chi connectivity index (χ4v) is 3.27. The maximum absolute atomic E-state index is 12.9. The van der Waals surface area contributed by atoms with E-state index in [1.165, 1.54) is 0 Å². The summed E-state index contributed by atoms with van der Waals surface area (Å²) in [6.07, 6.45) is 0.755. The zero-order chi connectivity index (χ0) is 18.5. The summed E-state index contributed by atoms with van der Waals surface area (Å²) in [5.41, 5.74) is 2.52. The number of amides is 1. The number of para-hydroxylation sites is 2.